The van der Waals surface area contributed by atoms with Crippen molar-refractivity contribution in [2.45, 2.75) is 19.9 Å². The number of rotatable bonds is 7. The first-order valence-electron chi connectivity index (χ1n) is 11.0. The number of nitrogens with two attached hydrogens (primary N) is 1. The molecular weight excluding hydrogens is 501 g/mol. The minimum absolute atomic E-state index is 0. The van der Waals surface area contributed by atoms with Gasteiger partial charge in [0.2, 0.25) is 0 Å². The van der Waals surface area contributed by atoms with Gasteiger partial charge in [-0.1, -0.05) is 54.2 Å². The topological polar surface area (TPSA) is 87.9 Å². The third-order valence-electron chi connectivity index (χ3n) is 5.36. The molecule has 194 valence electrons. The van der Waals surface area contributed by atoms with Crippen molar-refractivity contribution in [3.05, 3.63) is 89.5 Å². The number of hydrogen-bond acceptors (Lipinski definition) is 5. The number of benzene rings is 3. The highest BCUT2D eigenvalue weighted by Crippen LogP contribution is 2.32. The normalized spacial score (nSPS) is 16.7. The van der Waals surface area contributed by atoms with Crippen LogP contribution in [-0.2, 0) is 0 Å². The van der Waals surface area contributed by atoms with Gasteiger partial charge in [-0.2, -0.15) is 5.10 Å². The number of anilines is 1. The SMILES string of the molecule is Cc1ccccc1N1/C(=N/N=C/c2ccc(C(N)=NC=Nc3ccc(OF)cc3)cc2)SCC1C.F.F. The third kappa shape index (κ3) is 7.43. The fraction of sp³-hybridized carbons (Fsp3) is 0.154. The van der Waals surface area contributed by atoms with Crippen molar-refractivity contribution in [1.82, 2.24) is 0 Å². The molecule has 0 radical (unpaired) electrons. The van der Waals surface area contributed by atoms with Crippen molar-refractivity contribution >= 4 is 46.7 Å². The van der Waals surface area contributed by atoms with Crippen LogP contribution in [0.15, 0.2) is 93.0 Å². The molecule has 0 saturated carbocycles. The lowest BCUT2D eigenvalue weighted by Crippen LogP contribution is -2.31. The standard InChI is InChI=1S/C26H25FN6OS.2FH/c1-18-5-3-4-6-24(18)33-19(2)16-35-26(33)32-31-15-20-7-9-21(10-8-20)25(28)30-17-29-22-11-13-23(34-27)14-12-22;;/h3-15,17,19H,16H2,1-2H3,(H2,28,29,30);2*1H/b31-15+,32-26-;;. The molecule has 1 fully saturated rings. The summed E-state index contributed by atoms with van der Waals surface area (Å²) in [5, 5.41) is 9.70. The van der Waals surface area contributed by atoms with Gasteiger partial charge in [-0.3, -0.25) is 14.4 Å². The zero-order chi connectivity index (χ0) is 24.6. The van der Waals surface area contributed by atoms with Crippen LogP contribution in [0.5, 0.6) is 5.75 Å². The second kappa shape index (κ2) is 13.8. The summed E-state index contributed by atoms with van der Waals surface area (Å²) >= 11 is 1.71. The number of halogens is 3. The molecule has 1 saturated heterocycles. The van der Waals surface area contributed by atoms with Crippen LogP contribution in [0.25, 0.3) is 0 Å². The molecule has 0 bridgehead atoms. The summed E-state index contributed by atoms with van der Waals surface area (Å²) in [6.45, 7) is 4.30. The van der Waals surface area contributed by atoms with E-state index in [9.17, 15) is 4.53 Å². The fourth-order valence-electron chi connectivity index (χ4n) is 3.48. The van der Waals surface area contributed by atoms with Crippen molar-refractivity contribution in [1.29, 1.82) is 0 Å². The average Bonchev–Trinajstić information content (AvgIpc) is 3.25. The van der Waals surface area contributed by atoms with E-state index >= 15 is 0 Å². The lowest BCUT2D eigenvalue weighted by molar-refractivity contribution is -0.00618. The van der Waals surface area contributed by atoms with Gasteiger partial charge >= 0.3 is 0 Å². The van der Waals surface area contributed by atoms with Gasteiger partial charge in [0.15, 0.2) is 10.9 Å². The van der Waals surface area contributed by atoms with Crippen LogP contribution in [0, 0.1) is 6.92 Å². The Bertz CT molecular complexity index is 1280. The van der Waals surface area contributed by atoms with Crippen LogP contribution in [-0.4, -0.2) is 35.4 Å². The highest BCUT2D eigenvalue weighted by molar-refractivity contribution is 8.14. The number of aliphatic imine (C=N–C) groups is 2. The quantitative estimate of drug-likeness (QED) is 0.233. The van der Waals surface area contributed by atoms with E-state index < -0.39 is 0 Å². The summed E-state index contributed by atoms with van der Waals surface area (Å²) in [5.74, 6) is 1.41. The summed E-state index contributed by atoms with van der Waals surface area (Å²) in [7, 11) is 0. The molecule has 0 amide bonds. The molecule has 2 N–H and O–H groups in total. The van der Waals surface area contributed by atoms with E-state index in [2.05, 4.69) is 56.0 Å². The van der Waals surface area contributed by atoms with Crippen LogP contribution in [0.3, 0.4) is 0 Å². The van der Waals surface area contributed by atoms with E-state index in [1.807, 2.05) is 36.4 Å². The van der Waals surface area contributed by atoms with Crippen LogP contribution in [0.2, 0.25) is 0 Å². The van der Waals surface area contributed by atoms with E-state index in [1.54, 1.807) is 30.1 Å². The Morgan fingerprint density at radius 3 is 2.43 bits per heavy atom. The predicted molar refractivity (Wildman–Crippen MR) is 149 cm³/mol. The number of para-hydroxylation sites is 1. The maximum Gasteiger partial charge on any atom is 0.190 e. The summed E-state index contributed by atoms with van der Waals surface area (Å²) < 4.78 is 12.1. The molecule has 3 aromatic carbocycles. The van der Waals surface area contributed by atoms with Crippen molar-refractivity contribution in [3.63, 3.8) is 0 Å². The number of nitrogens with zero attached hydrogens (tertiary/aromatic N) is 5. The third-order valence-corrected chi connectivity index (χ3v) is 6.55. The average molecular weight is 529 g/mol. The summed E-state index contributed by atoms with van der Waals surface area (Å²) in [5.41, 5.74) is 10.7. The molecule has 0 aliphatic carbocycles. The van der Waals surface area contributed by atoms with Crippen molar-refractivity contribution in [3.8, 4) is 5.75 Å². The van der Waals surface area contributed by atoms with Crippen molar-refractivity contribution in [2.75, 3.05) is 10.7 Å². The molecule has 11 heteroatoms. The van der Waals surface area contributed by atoms with Gasteiger partial charge in [-0.25, -0.2) is 9.98 Å². The number of aryl methyl sites for hydroxylation is 1. The minimum Gasteiger partial charge on any atom is -0.383 e. The molecule has 1 atom stereocenters. The lowest BCUT2D eigenvalue weighted by Gasteiger charge is -2.24. The van der Waals surface area contributed by atoms with Crippen LogP contribution < -0.4 is 15.6 Å². The monoisotopic (exact) mass is 528 g/mol. The van der Waals surface area contributed by atoms with Gasteiger partial charge < -0.3 is 10.6 Å². The van der Waals surface area contributed by atoms with Gasteiger partial charge in [-0.15, -0.1) is 5.10 Å². The van der Waals surface area contributed by atoms with Gasteiger partial charge in [0.25, 0.3) is 0 Å². The Labute approximate surface area is 217 Å². The predicted octanol–water partition coefficient (Wildman–Crippen LogP) is 5.96. The Morgan fingerprint density at radius 1 is 1.05 bits per heavy atom. The molecule has 1 aliphatic rings. The maximum atomic E-state index is 12.1. The van der Waals surface area contributed by atoms with E-state index in [1.165, 1.54) is 24.0 Å². The zero-order valence-corrected chi connectivity index (χ0v) is 21.0. The van der Waals surface area contributed by atoms with E-state index in [0.717, 1.165) is 27.7 Å². The zero-order valence-electron chi connectivity index (χ0n) is 20.2. The van der Waals surface area contributed by atoms with Crippen LogP contribution >= 0.6 is 11.8 Å². The van der Waals surface area contributed by atoms with Gasteiger partial charge in [0, 0.05) is 27.6 Å². The first kappa shape index (κ1) is 29.1. The number of amidine groups is 2. The summed E-state index contributed by atoms with van der Waals surface area (Å²) in [6, 6.07) is 22.3. The molecule has 3 aromatic rings. The first-order chi connectivity index (χ1) is 17.0. The Balaban J connectivity index is 0.00000241. The molecule has 1 aliphatic heterocycles. The van der Waals surface area contributed by atoms with Gasteiger partial charge in [0.1, 0.15) is 12.2 Å². The molecular formula is C26H27F3N6OS. The second-order valence-electron chi connectivity index (χ2n) is 7.90. The van der Waals surface area contributed by atoms with Gasteiger partial charge in [-0.05, 0) is 55.3 Å². The highest BCUT2D eigenvalue weighted by atomic mass is 32.2. The highest BCUT2D eigenvalue weighted by Gasteiger charge is 2.29. The van der Waals surface area contributed by atoms with Crippen molar-refractivity contribution in [2.24, 2.45) is 25.9 Å². The molecule has 1 unspecified atom stereocenters. The Hall–Kier alpha value is -4.12. The first-order valence-corrected chi connectivity index (χ1v) is 12.0. The van der Waals surface area contributed by atoms with Crippen LogP contribution in [0.4, 0.5) is 25.3 Å². The minimum atomic E-state index is 0. The summed E-state index contributed by atoms with van der Waals surface area (Å²) in [6.07, 6.45) is 3.07. The van der Waals surface area contributed by atoms with Crippen LogP contribution in [0.1, 0.15) is 23.6 Å². The van der Waals surface area contributed by atoms with E-state index in [4.69, 9.17) is 5.73 Å². The van der Waals surface area contributed by atoms with Crippen molar-refractivity contribution < 1.29 is 18.9 Å². The molecule has 37 heavy (non-hydrogen) atoms. The second-order valence-corrected chi connectivity index (χ2v) is 8.88. The Morgan fingerprint density at radius 2 is 1.76 bits per heavy atom. The van der Waals surface area contributed by atoms with E-state index in [-0.39, 0.29) is 15.2 Å². The molecule has 1 heterocycles. The molecule has 7 nitrogen and oxygen atoms in total. The van der Waals surface area contributed by atoms with E-state index in [0.29, 0.717) is 17.6 Å². The van der Waals surface area contributed by atoms with Gasteiger partial charge in [0.05, 0.1) is 11.9 Å². The lowest BCUT2D eigenvalue weighted by atomic mass is 10.1. The molecule has 0 aromatic heterocycles. The largest absolute Gasteiger partial charge is 0.383 e. The fourth-order valence-corrected chi connectivity index (χ4v) is 4.54. The molecule has 0 spiro atoms. The maximum absolute atomic E-state index is 12.1. The summed E-state index contributed by atoms with van der Waals surface area (Å²) in [4.78, 5) is 14.2. The smallest absolute Gasteiger partial charge is 0.190 e. The number of thioether (sulfide) groups is 1. The molecule has 4 rings (SSSR count). The Kier molecular flexibility index (Phi) is 10.9. The number of hydrogen-bond donors (Lipinski definition) is 1.